The minimum absolute atomic E-state index is 0.0959. The maximum Gasteiger partial charge on any atom is 0.310 e. The number of aromatic nitrogens is 1. The van der Waals surface area contributed by atoms with E-state index in [0.717, 1.165) is 12.8 Å². The number of halogens is 1. The fourth-order valence-electron chi connectivity index (χ4n) is 2.92. The Morgan fingerprint density at radius 1 is 1.33 bits per heavy atom. The smallest absolute Gasteiger partial charge is 0.310 e. The Balaban J connectivity index is 1.46. The molecule has 2 aliphatic rings. The molecule has 3 atom stereocenters. The van der Waals surface area contributed by atoms with Crippen LogP contribution in [0.5, 0.6) is 0 Å². The van der Waals surface area contributed by atoms with Crippen LogP contribution in [0.3, 0.4) is 0 Å². The lowest BCUT2D eigenvalue weighted by molar-refractivity contribution is -0.152. The molecule has 0 aliphatic heterocycles. The second-order valence-corrected chi connectivity index (χ2v) is 5.84. The molecule has 1 fully saturated rings. The van der Waals surface area contributed by atoms with E-state index >= 15 is 0 Å². The Morgan fingerprint density at radius 2 is 2.19 bits per heavy atom. The fraction of sp³-hybridized carbons (Fsp3) is 0.400. The lowest BCUT2D eigenvalue weighted by Crippen LogP contribution is -2.26. The molecule has 1 saturated carbocycles. The van der Waals surface area contributed by atoms with Gasteiger partial charge < -0.3 is 10.1 Å². The van der Waals surface area contributed by atoms with Gasteiger partial charge in [-0.15, -0.1) is 0 Å². The normalized spacial score (nSPS) is 25.9. The highest BCUT2D eigenvalue weighted by molar-refractivity contribution is 6.30. The number of carbonyl (C=O) groups is 2. The summed E-state index contributed by atoms with van der Waals surface area (Å²) < 4.78 is 5.10. The summed E-state index contributed by atoms with van der Waals surface area (Å²) in [7, 11) is 0. The van der Waals surface area contributed by atoms with Crippen LogP contribution in [0.1, 0.15) is 12.8 Å². The molecular formula is C15H15ClN2O3. The van der Waals surface area contributed by atoms with Crippen LogP contribution in [0.4, 0.5) is 5.82 Å². The summed E-state index contributed by atoms with van der Waals surface area (Å²) in [6.07, 6.45) is 7.54. The van der Waals surface area contributed by atoms with E-state index in [9.17, 15) is 9.59 Å². The van der Waals surface area contributed by atoms with Gasteiger partial charge in [0.2, 0.25) is 0 Å². The number of nitrogens with one attached hydrogen (secondary N) is 1. The van der Waals surface area contributed by atoms with E-state index in [1.807, 2.05) is 0 Å². The van der Waals surface area contributed by atoms with Crippen LogP contribution >= 0.6 is 11.6 Å². The van der Waals surface area contributed by atoms with E-state index in [1.165, 1.54) is 6.20 Å². The summed E-state index contributed by atoms with van der Waals surface area (Å²) in [4.78, 5) is 27.6. The number of hydrogen-bond donors (Lipinski definition) is 1. The summed E-state index contributed by atoms with van der Waals surface area (Å²) in [5.41, 5.74) is 0. The molecule has 1 aromatic rings. The van der Waals surface area contributed by atoms with Gasteiger partial charge in [-0.3, -0.25) is 9.59 Å². The number of fused-ring (bicyclic) bond motifs is 2. The van der Waals surface area contributed by atoms with Crippen molar-refractivity contribution in [2.45, 2.75) is 12.8 Å². The first-order chi connectivity index (χ1) is 10.1. The Kier molecular flexibility index (Phi) is 3.92. The monoisotopic (exact) mass is 306 g/mol. The van der Waals surface area contributed by atoms with E-state index in [0.29, 0.717) is 16.8 Å². The Hall–Kier alpha value is -1.88. The number of pyridine rings is 1. The van der Waals surface area contributed by atoms with Gasteiger partial charge in [-0.05, 0) is 36.8 Å². The van der Waals surface area contributed by atoms with Gasteiger partial charge >= 0.3 is 5.97 Å². The van der Waals surface area contributed by atoms with Crippen LogP contribution in [0.2, 0.25) is 5.02 Å². The van der Waals surface area contributed by atoms with Crippen molar-refractivity contribution in [1.29, 1.82) is 0 Å². The third-order valence-electron chi connectivity index (χ3n) is 3.92. The highest BCUT2D eigenvalue weighted by Gasteiger charge is 2.40. The van der Waals surface area contributed by atoms with Gasteiger partial charge in [-0.1, -0.05) is 23.8 Å². The van der Waals surface area contributed by atoms with Gasteiger partial charge in [0.15, 0.2) is 6.61 Å². The second kappa shape index (κ2) is 5.85. The number of carbonyl (C=O) groups excluding carboxylic acids is 2. The van der Waals surface area contributed by atoms with Crippen molar-refractivity contribution in [3.63, 3.8) is 0 Å². The lowest BCUT2D eigenvalue weighted by Gasteiger charge is -2.16. The number of ether oxygens (including phenoxy) is 1. The number of rotatable bonds is 4. The maximum absolute atomic E-state index is 12.0. The van der Waals surface area contributed by atoms with E-state index in [1.54, 1.807) is 12.1 Å². The first kappa shape index (κ1) is 14.1. The summed E-state index contributed by atoms with van der Waals surface area (Å²) in [5, 5.41) is 3.04. The highest BCUT2D eigenvalue weighted by atomic mass is 35.5. The zero-order valence-corrected chi connectivity index (χ0v) is 12.0. The molecular weight excluding hydrogens is 292 g/mol. The molecule has 110 valence electrons. The summed E-state index contributed by atoms with van der Waals surface area (Å²) in [6, 6.07) is 3.21. The van der Waals surface area contributed by atoms with E-state index in [4.69, 9.17) is 16.3 Å². The van der Waals surface area contributed by atoms with Crippen LogP contribution in [0, 0.1) is 17.8 Å². The Labute approximate surface area is 127 Å². The average molecular weight is 307 g/mol. The number of hydrogen-bond acceptors (Lipinski definition) is 4. The van der Waals surface area contributed by atoms with Crippen molar-refractivity contribution >= 4 is 29.3 Å². The molecule has 1 heterocycles. The van der Waals surface area contributed by atoms with Crippen LogP contribution < -0.4 is 5.32 Å². The van der Waals surface area contributed by atoms with Gasteiger partial charge in [0.25, 0.3) is 5.91 Å². The number of anilines is 1. The molecule has 0 spiro atoms. The number of amides is 1. The standard InChI is InChI=1S/C15H15ClN2O3/c16-11-3-4-13(17-7-11)18-14(19)8-21-15(20)12-6-9-1-2-10(12)5-9/h1-4,7,9-10,12H,5-6,8H2,(H,17,18,19). The van der Waals surface area contributed by atoms with E-state index in [-0.39, 0.29) is 24.4 Å². The molecule has 3 unspecified atom stereocenters. The van der Waals surface area contributed by atoms with Crippen molar-refractivity contribution in [2.24, 2.45) is 17.8 Å². The molecule has 2 bridgehead atoms. The van der Waals surface area contributed by atoms with E-state index in [2.05, 4.69) is 22.5 Å². The van der Waals surface area contributed by atoms with Crippen molar-refractivity contribution in [1.82, 2.24) is 4.98 Å². The molecule has 0 radical (unpaired) electrons. The molecule has 1 amide bonds. The molecule has 6 heteroatoms. The number of nitrogens with zero attached hydrogens (tertiary/aromatic N) is 1. The predicted octanol–water partition coefficient (Wildman–Crippen LogP) is 2.43. The van der Waals surface area contributed by atoms with Crippen LogP contribution in [0.25, 0.3) is 0 Å². The Morgan fingerprint density at radius 3 is 2.81 bits per heavy atom. The number of esters is 1. The van der Waals surface area contributed by atoms with Crippen LogP contribution in [-0.4, -0.2) is 23.5 Å². The molecule has 5 nitrogen and oxygen atoms in total. The quantitative estimate of drug-likeness (QED) is 0.685. The van der Waals surface area contributed by atoms with E-state index < -0.39 is 5.91 Å². The lowest BCUT2D eigenvalue weighted by atomic mass is 9.94. The average Bonchev–Trinajstić information content (AvgIpc) is 3.10. The predicted molar refractivity (Wildman–Crippen MR) is 77.7 cm³/mol. The van der Waals surface area contributed by atoms with Crippen molar-refractivity contribution < 1.29 is 14.3 Å². The number of allylic oxidation sites excluding steroid dienone is 2. The molecule has 3 rings (SSSR count). The third-order valence-corrected chi connectivity index (χ3v) is 4.15. The van der Waals surface area contributed by atoms with Gasteiger partial charge in [0.05, 0.1) is 10.9 Å². The second-order valence-electron chi connectivity index (χ2n) is 5.40. The summed E-state index contributed by atoms with van der Waals surface area (Å²) in [5.74, 6) is 0.371. The van der Waals surface area contributed by atoms with Crippen LogP contribution in [-0.2, 0) is 14.3 Å². The SMILES string of the molecule is O=C(COC(=O)C1CC2C=CC1C2)Nc1ccc(Cl)cn1. The first-order valence-corrected chi connectivity index (χ1v) is 7.26. The minimum atomic E-state index is -0.406. The topological polar surface area (TPSA) is 68.3 Å². The fourth-order valence-corrected chi connectivity index (χ4v) is 3.04. The first-order valence-electron chi connectivity index (χ1n) is 6.88. The van der Waals surface area contributed by atoms with Crippen LogP contribution in [0.15, 0.2) is 30.5 Å². The molecule has 1 N–H and O–H groups in total. The summed E-state index contributed by atoms with van der Waals surface area (Å²) in [6.45, 7) is -0.291. The minimum Gasteiger partial charge on any atom is -0.455 e. The largest absolute Gasteiger partial charge is 0.455 e. The summed E-state index contributed by atoms with van der Waals surface area (Å²) >= 11 is 5.70. The Bertz CT molecular complexity index is 585. The third kappa shape index (κ3) is 3.24. The van der Waals surface area contributed by atoms with Gasteiger partial charge in [0, 0.05) is 6.20 Å². The van der Waals surface area contributed by atoms with Crippen molar-refractivity contribution in [3.05, 3.63) is 35.5 Å². The van der Waals surface area contributed by atoms with Crippen molar-refractivity contribution in [2.75, 3.05) is 11.9 Å². The van der Waals surface area contributed by atoms with Gasteiger partial charge in [0.1, 0.15) is 5.82 Å². The van der Waals surface area contributed by atoms with Gasteiger partial charge in [-0.25, -0.2) is 4.98 Å². The molecule has 0 saturated heterocycles. The zero-order chi connectivity index (χ0) is 14.8. The van der Waals surface area contributed by atoms with Gasteiger partial charge in [-0.2, -0.15) is 0 Å². The molecule has 2 aliphatic carbocycles. The van der Waals surface area contributed by atoms with Crippen molar-refractivity contribution in [3.8, 4) is 0 Å². The molecule has 1 aromatic heterocycles. The maximum atomic E-state index is 12.0. The highest BCUT2D eigenvalue weighted by Crippen LogP contribution is 2.43. The molecule has 0 aromatic carbocycles. The molecule has 21 heavy (non-hydrogen) atoms. The zero-order valence-electron chi connectivity index (χ0n) is 11.3.